The first kappa shape index (κ1) is 27.5. The fourth-order valence-corrected chi connectivity index (χ4v) is 6.15. The Bertz CT molecular complexity index is 1720. The average molecular weight is 591 g/mol. The van der Waals surface area contributed by atoms with Gasteiger partial charge >= 0.3 is 10.1 Å². The van der Waals surface area contributed by atoms with Crippen LogP contribution in [0.3, 0.4) is 0 Å². The quantitative estimate of drug-likeness (QED) is 0.167. The van der Waals surface area contributed by atoms with Gasteiger partial charge in [0.05, 0.1) is 28.4 Å². The number of rotatable bonds is 7. The van der Waals surface area contributed by atoms with Gasteiger partial charge in [0.25, 0.3) is 5.91 Å². The van der Waals surface area contributed by atoms with E-state index >= 15 is 0 Å². The molecule has 0 radical (unpaired) electrons. The molecule has 0 spiro atoms. The highest BCUT2D eigenvalue weighted by atomic mass is 35.5. The van der Waals surface area contributed by atoms with E-state index in [2.05, 4.69) is 0 Å². The molecule has 7 nitrogen and oxygen atoms in total. The van der Waals surface area contributed by atoms with Crippen molar-refractivity contribution < 1.29 is 22.1 Å². The maximum absolute atomic E-state index is 13.6. The van der Waals surface area contributed by atoms with E-state index in [9.17, 15) is 13.2 Å². The first-order valence-corrected chi connectivity index (χ1v) is 14.7. The molecule has 1 fully saturated rings. The molecule has 1 aliphatic heterocycles. The molecule has 10 heteroatoms. The summed E-state index contributed by atoms with van der Waals surface area (Å²) in [5.41, 5.74) is 2.82. The van der Waals surface area contributed by atoms with Gasteiger partial charge in [-0.05, 0) is 78.9 Å². The predicted molar refractivity (Wildman–Crippen MR) is 160 cm³/mol. The lowest BCUT2D eigenvalue weighted by molar-refractivity contribution is -0.113. The number of carbonyl (C=O) groups excluding carboxylic acids is 1. The number of aliphatic imine (C=N–C) groups is 1. The third-order valence-electron chi connectivity index (χ3n) is 5.85. The number of para-hydroxylation sites is 2. The van der Waals surface area contributed by atoms with Gasteiger partial charge < -0.3 is 8.92 Å². The van der Waals surface area contributed by atoms with Crippen LogP contribution in [-0.2, 0) is 14.9 Å². The van der Waals surface area contributed by atoms with Gasteiger partial charge in [0.1, 0.15) is 4.90 Å². The van der Waals surface area contributed by atoms with Gasteiger partial charge in [-0.25, -0.2) is 4.99 Å². The first-order valence-electron chi connectivity index (χ1n) is 12.1. The molecule has 0 saturated carbocycles. The molecule has 4 aromatic rings. The van der Waals surface area contributed by atoms with Crippen molar-refractivity contribution in [1.29, 1.82) is 0 Å². The topological polar surface area (TPSA) is 85.3 Å². The Kier molecular flexibility index (Phi) is 7.97. The van der Waals surface area contributed by atoms with E-state index in [-0.39, 0.29) is 27.3 Å². The van der Waals surface area contributed by atoms with Crippen molar-refractivity contribution in [1.82, 2.24) is 0 Å². The molecule has 0 unspecified atom stereocenters. The summed E-state index contributed by atoms with van der Waals surface area (Å²) in [5.74, 6) is -0.304. The highest BCUT2D eigenvalue weighted by Gasteiger charge is 2.35. The largest absolute Gasteiger partial charge is 0.493 e. The van der Waals surface area contributed by atoms with Crippen LogP contribution in [0.5, 0.6) is 11.5 Å². The van der Waals surface area contributed by atoms with E-state index in [4.69, 9.17) is 25.5 Å². The minimum absolute atomic E-state index is 0.00965. The maximum Gasteiger partial charge on any atom is 0.339 e. The van der Waals surface area contributed by atoms with E-state index in [0.717, 1.165) is 5.56 Å². The lowest BCUT2D eigenvalue weighted by atomic mass is 10.1. The Labute approximate surface area is 241 Å². The molecule has 1 saturated heterocycles. The number of aryl methyl sites for hydroxylation is 1. The van der Waals surface area contributed by atoms with Crippen molar-refractivity contribution in [3.63, 3.8) is 0 Å². The summed E-state index contributed by atoms with van der Waals surface area (Å²) in [6.07, 6.45) is 1.66. The van der Waals surface area contributed by atoms with E-state index in [1.165, 1.54) is 37.1 Å². The molecule has 0 bridgehead atoms. The number of hydrogen-bond acceptors (Lipinski definition) is 7. The van der Waals surface area contributed by atoms with E-state index in [0.29, 0.717) is 27.0 Å². The Morgan fingerprint density at radius 2 is 1.57 bits per heavy atom. The molecule has 0 aromatic heterocycles. The summed E-state index contributed by atoms with van der Waals surface area (Å²) in [7, 11) is -2.78. The fraction of sp³-hybridized carbons (Fsp3) is 0.0667. The molecule has 1 aliphatic rings. The van der Waals surface area contributed by atoms with Crippen molar-refractivity contribution in [2.45, 2.75) is 11.8 Å². The number of ether oxygens (including phenoxy) is 1. The average Bonchev–Trinajstić information content (AvgIpc) is 3.25. The zero-order valence-electron chi connectivity index (χ0n) is 21.4. The number of halogens is 1. The minimum atomic E-state index is -4.16. The smallest absolute Gasteiger partial charge is 0.339 e. The van der Waals surface area contributed by atoms with Crippen LogP contribution in [0, 0.1) is 6.92 Å². The summed E-state index contributed by atoms with van der Waals surface area (Å²) in [6.45, 7) is 1.85. The Hall–Kier alpha value is -4.05. The van der Waals surface area contributed by atoms with Crippen LogP contribution in [0.1, 0.15) is 11.1 Å². The monoisotopic (exact) mass is 590 g/mol. The van der Waals surface area contributed by atoms with Gasteiger partial charge in [-0.1, -0.05) is 65.7 Å². The van der Waals surface area contributed by atoms with Gasteiger partial charge in [-0.15, -0.1) is 0 Å². The standard InChI is InChI=1S/C30H23ClN2O5S2/c1-20-13-15-24(16-14-20)40(35,36)38-28-25(31)17-21(18-26(28)37-2)19-27-29(34)33(23-11-7-4-8-12-23)30(39-27)32-22-9-5-3-6-10-22/h3-19H,1-2H3/b27-19+,32-30?. The number of thioether (sulfide) groups is 1. The number of nitrogens with zero attached hydrogens (tertiary/aromatic N) is 2. The number of amides is 1. The number of methoxy groups -OCH3 is 1. The number of amidine groups is 1. The molecular weight excluding hydrogens is 568 g/mol. The van der Waals surface area contributed by atoms with Crippen LogP contribution in [0.25, 0.3) is 6.08 Å². The number of hydrogen-bond donors (Lipinski definition) is 0. The summed E-state index contributed by atoms with van der Waals surface area (Å²) < 4.78 is 36.6. The molecule has 0 aliphatic carbocycles. The Morgan fingerprint density at radius 1 is 0.925 bits per heavy atom. The summed E-state index contributed by atoms with van der Waals surface area (Å²) in [6, 6.07) is 28.0. The van der Waals surface area contributed by atoms with Gasteiger partial charge in [-0.2, -0.15) is 8.42 Å². The maximum atomic E-state index is 13.6. The zero-order valence-corrected chi connectivity index (χ0v) is 23.8. The molecule has 1 heterocycles. The molecule has 0 atom stereocenters. The van der Waals surface area contributed by atoms with Crippen LogP contribution >= 0.6 is 23.4 Å². The van der Waals surface area contributed by atoms with Crippen LogP contribution in [0.4, 0.5) is 11.4 Å². The lowest BCUT2D eigenvalue weighted by Gasteiger charge is -2.15. The molecule has 4 aromatic carbocycles. The second-order valence-electron chi connectivity index (χ2n) is 8.70. The molecular formula is C30H23ClN2O5S2. The Balaban J connectivity index is 1.50. The number of anilines is 1. The zero-order chi connectivity index (χ0) is 28.3. The second kappa shape index (κ2) is 11.6. The van der Waals surface area contributed by atoms with Gasteiger partial charge in [0.2, 0.25) is 5.75 Å². The van der Waals surface area contributed by atoms with Crippen molar-refractivity contribution in [3.05, 3.63) is 118 Å². The predicted octanol–water partition coefficient (Wildman–Crippen LogP) is 7.23. The summed E-state index contributed by atoms with van der Waals surface area (Å²) in [4.78, 5) is 20.2. The van der Waals surface area contributed by atoms with Gasteiger partial charge in [0.15, 0.2) is 10.9 Å². The lowest BCUT2D eigenvalue weighted by Crippen LogP contribution is -2.28. The fourth-order valence-electron chi connectivity index (χ4n) is 3.88. The summed E-state index contributed by atoms with van der Waals surface area (Å²) in [5, 5.41) is 0.506. The van der Waals surface area contributed by atoms with Crippen LogP contribution < -0.4 is 13.8 Å². The van der Waals surface area contributed by atoms with Crippen molar-refractivity contribution >= 4 is 62.0 Å². The third kappa shape index (κ3) is 5.91. The van der Waals surface area contributed by atoms with Gasteiger partial charge in [0, 0.05) is 0 Å². The number of benzene rings is 4. The molecule has 40 heavy (non-hydrogen) atoms. The van der Waals surface area contributed by atoms with Gasteiger partial charge in [-0.3, -0.25) is 9.69 Å². The van der Waals surface area contributed by atoms with Crippen molar-refractivity contribution in [2.24, 2.45) is 4.99 Å². The SMILES string of the molecule is COc1cc(/C=C2/SC(=Nc3ccccc3)N(c3ccccc3)C2=O)cc(Cl)c1OS(=O)(=O)c1ccc(C)cc1. The molecule has 1 amide bonds. The highest BCUT2D eigenvalue weighted by Crippen LogP contribution is 2.41. The highest BCUT2D eigenvalue weighted by molar-refractivity contribution is 8.19. The Morgan fingerprint density at radius 3 is 2.23 bits per heavy atom. The normalized spacial score (nSPS) is 15.6. The molecule has 0 N–H and O–H groups in total. The van der Waals surface area contributed by atoms with Crippen molar-refractivity contribution in [3.8, 4) is 11.5 Å². The van der Waals surface area contributed by atoms with E-state index < -0.39 is 10.1 Å². The molecule has 202 valence electrons. The van der Waals surface area contributed by atoms with Crippen molar-refractivity contribution in [2.75, 3.05) is 12.0 Å². The minimum Gasteiger partial charge on any atom is -0.493 e. The second-order valence-corrected chi connectivity index (χ2v) is 11.7. The van der Waals surface area contributed by atoms with E-state index in [1.807, 2.05) is 67.6 Å². The molecule has 5 rings (SSSR count). The first-order chi connectivity index (χ1) is 19.2. The van der Waals surface area contributed by atoms with Crippen LogP contribution in [0.15, 0.2) is 112 Å². The summed E-state index contributed by atoms with van der Waals surface area (Å²) >= 11 is 7.71. The van der Waals surface area contributed by atoms with Crippen LogP contribution in [-0.4, -0.2) is 26.6 Å². The number of carbonyl (C=O) groups is 1. The van der Waals surface area contributed by atoms with Crippen LogP contribution in [0.2, 0.25) is 5.02 Å². The van der Waals surface area contributed by atoms with E-state index in [1.54, 1.807) is 29.2 Å². The third-order valence-corrected chi connectivity index (χ3v) is 8.34.